The summed E-state index contributed by atoms with van der Waals surface area (Å²) in [6.45, 7) is 1.77. The summed E-state index contributed by atoms with van der Waals surface area (Å²) in [5, 5.41) is 0.545. The van der Waals surface area contributed by atoms with Crippen molar-refractivity contribution >= 4 is 20.9 Å². The molecule has 2 N–H and O–H groups in total. The van der Waals surface area contributed by atoms with Crippen molar-refractivity contribution in [2.24, 2.45) is 0 Å². The number of sulfonamides is 1. The zero-order valence-corrected chi connectivity index (χ0v) is 12.7. The van der Waals surface area contributed by atoms with Gasteiger partial charge in [-0.05, 0) is 36.8 Å². The second-order valence-corrected chi connectivity index (χ2v) is 6.80. The molecule has 0 aliphatic heterocycles. The fourth-order valence-electron chi connectivity index (χ4n) is 2.33. The molecular weight excluding hydrogens is 303 g/mol. The molecule has 0 spiro atoms. The lowest BCUT2D eigenvalue weighted by Gasteiger charge is -2.13. The van der Waals surface area contributed by atoms with Gasteiger partial charge in [-0.15, -0.1) is 0 Å². The smallest absolute Gasteiger partial charge is 0.256 e. The minimum atomic E-state index is -3.71. The van der Waals surface area contributed by atoms with Crippen molar-refractivity contribution in [1.29, 1.82) is 0 Å². The standard InChI is InChI=1S/C16H15FN2O2S/c1-11(12-5-3-2-4-6-12)19-22(20,21)16-10-13-9-14(17)7-8-15(13)18-16/h2-11,18-19H,1H3/t11-/m1/s1. The molecule has 3 aromatic rings. The van der Waals surface area contributed by atoms with Crippen molar-refractivity contribution in [3.8, 4) is 0 Å². The highest BCUT2D eigenvalue weighted by Gasteiger charge is 2.20. The van der Waals surface area contributed by atoms with Gasteiger partial charge in [0.05, 0.1) is 0 Å². The van der Waals surface area contributed by atoms with Crippen molar-refractivity contribution in [2.45, 2.75) is 18.0 Å². The van der Waals surface area contributed by atoms with E-state index in [1.165, 1.54) is 24.3 Å². The lowest BCUT2D eigenvalue weighted by Crippen LogP contribution is -2.27. The van der Waals surface area contributed by atoms with Gasteiger partial charge in [0.2, 0.25) is 0 Å². The molecule has 114 valence electrons. The molecule has 6 heteroatoms. The predicted octanol–water partition coefficient (Wildman–Crippen LogP) is 3.35. The van der Waals surface area contributed by atoms with Crippen LogP contribution in [-0.4, -0.2) is 13.4 Å². The third-order valence-corrected chi connectivity index (χ3v) is 4.94. The first-order valence-electron chi connectivity index (χ1n) is 6.81. The molecule has 0 radical (unpaired) electrons. The van der Waals surface area contributed by atoms with Crippen LogP contribution < -0.4 is 4.72 Å². The average Bonchev–Trinajstić information content (AvgIpc) is 2.91. The Bertz CT molecular complexity index is 904. The van der Waals surface area contributed by atoms with E-state index < -0.39 is 15.8 Å². The van der Waals surface area contributed by atoms with Crippen LogP contribution in [0.4, 0.5) is 4.39 Å². The van der Waals surface area contributed by atoms with Gasteiger partial charge in [0.1, 0.15) is 10.8 Å². The summed E-state index contributed by atoms with van der Waals surface area (Å²) in [5.74, 6) is -0.402. The van der Waals surface area contributed by atoms with Crippen molar-refractivity contribution in [1.82, 2.24) is 9.71 Å². The summed E-state index contributed by atoms with van der Waals surface area (Å²) in [4.78, 5) is 2.80. The molecule has 0 bridgehead atoms. The Morgan fingerprint density at radius 2 is 1.82 bits per heavy atom. The Hall–Kier alpha value is -2.18. The Morgan fingerprint density at radius 1 is 1.09 bits per heavy atom. The van der Waals surface area contributed by atoms with E-state index in [0.717, 1.165) is 5.56 Å². The first-order valence-corrected chi connectivity index (χ1v) is 8.29. The number of hydrogen-bond acceptors (Lipinski definition) is 2. The van der Waals surface area contributed by atoms with Crippen LogP contribution in [0.2, 0.25) is 0 Å². The molecule has 0 saturated heterocycles. The zero-order chi connectivity index (χ0) is 15.7. The minimum absolute atomic E-state index is 0.0240. The van der Waals surface area contributed by atoms with Crippen LogP contribution in [0, 0.1) is 5.82 Å². The molecule has 22 heavy (non-hydrogen) atoms. The number of aromatic nitrogens is 1. The van der Waals surface area contributed by atoms with E-state index in [-0.39, 0.29) is 11.1 Å². The Balaban J connectivity index is 1.91. The summed E-state index contributed by atoms with van der Waals surface area (Å²) in [5.41, 5.74) is 1.45. The summed E-state index contributed by atoms with van der Waals surface area (Å²) in [7, 11) is -3.71. The average molecular weight is 318 g/mol. The van der Waals surface area contributed by atoms with E-state index in [4.69, 9.17) is 0 Å². The zero-order valence-electron chi connectivity index (χ0n) is 11.9. The van der Waals surface area contributed by atoms with Gasteiger partial charge in [-0.25, -0.2) is 17.5 Å². The molecule has 0 amide bonds. The molecule has 1 atom stereocenters. The quantitative estimate of drug-likeness (QED) is 0.775. The van der Waals surface area contributed by atoms with Crippen LogP contribution in [0.3, 0.4) is 0 Å². The van der Waals surface area contributed by atoms with Crippen LogP contribution in [-0.2, 0) is 10.0 Å². The highest BCUT2D eigenvalue weighted by atomic mass is 32.2. The molecule has 1 heterocycles. The van der Waals surface area contributed by atoms with Crippen molar-refractivity contribution in [3.05, 3.63) is 66.0 Å². The number of rotatable bonds is 4. The van der Waals surface area contributed by atoms with Crippen molar-refractivity contribution < 1.29 is 12.8 Å². The van der Waals surface area contributed by atoms with Gasteiger partial charge in [-0.2, -0.15) is 0 Å². The van der Waals surface area contributed by atoms with Crippen LogP contribution >= 0.6 is 0 Å². The van der Waals surface area contributed by atoms with Gasteiger partial charge in [0, 0.05) is 16.9 Å². The van der Waals surface area contributed by atoms with Crippen LogP contribution in [0.15, 0.2) is 59.6 Å². The molecule has 0 aliphatic carbocycles. The maximum Gasteiger partial charge on any atom is 0.256 e. The van der Waals surface area contributed by atoms with E-state index in [1.807, 2.05) is 30.3 Å². The Kier molecular flexibility index (Phi) is 3.72. The van der Waals surface area contributed by atoms with Gasteiger partial charge >= 0.3 is 0 Å². The van der Waals surface area contributed by atoms with Gasteiger partial charge in [-0.1, -0.05) is 30.3 Å². The molecule has 2 aromatic carbocycles. The van der Waals surface area contributed by atoms with E-state index >= 15 is 0 Å². The lowest BCUT2D eigenvalue weighted by molar-refractivity contribution is 0.564. The predicted molar refractivity (Wildman–Crippen MR) is 83.4 cm³/mol. The van der Waals surface area contributed by atoms with Gasteiger partial charge in [-0.3, -0.25) is 0 Å². The van der Waals surface area contributed by atoms with E-state index in [9.17, 15) is 12.8 Å². The molecule has 0 unspecified atom stereocenters. The third kappa shape index (κ3) is 2.88. The number of halogens is 1. The SMILES string of the molecule is C[C@@H](NS(=O)(=O)c1cc2cc(F)ccc2[nH]1)c1ccccc1. The second kappa shape index (κ2) is 5.55. The topological polar surface area (TPSA) is 62.0 Å². The summed E-state index contributed by atoms with van der Waals surface area (Å²) >= 11 is 0. The normalized spacial score (nSPS) is 13.4. The fraction of sp³-hybridized carbons (Fsp3) is 0.125. The number of benzene rings is 2. The number of nitrogens with one attached hydrogen (secondary N) is 2. The fourth-order valence-corrected chi connectivity index (χ4v) is 3.58. The highest BCUT2D eigenvalue weighted by Crippen LogP contribution is 2.21. The first kappa shape index (κ1) is 14.7. The number of aromatic amines is 1. The maximum absolute atomic E-state index is 13.2. The van der Waals surface area contributed by atoms with Crippen molar-refractivity contribution in [3.63, 3.8) is 0 Å². The molecule has 4 nitrogen and oxygen atoms in total. The van der Waals surface area contributed by atoms with Crippen LogP contribution in [0.5, 0.6) is 0 Å². The number of H-pyrrole nitrogens is 1. The third-order valence-electron chi connectivity index (χ3n) is 3.48. The van der Waals surface area contributed by atoms with E-state index in [2.05, 4.69) is 9.71 Å². The molecule has 0 saturated carbocycles. The summed E-state index contributed by atoms with van der Waals surface area (Å²) in [6, 6.07) is 14.5. The Labute approximate surface area is 128 Å². The van der Waals surface area contributed by atoms with Crippen LogP contribution in [0.25, 0.3) is 10.9 Å². The first-order chi connectivity index (χ1) is 10.5. The summed E-state index contributed by atoms with van der Waals surface area (Å²) in [6.07, 6.45) is 0. The molecule has 1 aromatic heterocycles. The molecule has 0 aliphatic rings. The maximum atomic E-state index is 13.2. The minimum Gasteiger partial charge on any atom is -0.345 e. The van der Waals surface area contributed by atoms with Crippen molar-refractivity contribution in [2.75, 3.05) is 0 Å². The molecule has 3 rings (SSSR count). The lowest BCUT2D eigenvalue weighted by atomic mass is 10.1. The van der Waals surface area contributed by atoms with E-state index in [1.54, 1.807) is 6.92 Å². The molecular formula is C16H15FN2O2S. The van der Waals surface area contributed by atoms with Gasteiger partial charge in [0.15, 0.2) is 0 Å². The van der Waals surface area contributed by atoms with Gasteiger partial charge < -0.3 is 4.98 Å². The molecule has 0 fully saturated rings. The van der Waals surface area contributed by atoms with Gasteiger partial charge in [0.25, 0.3) is 10.0 Å². The number of hydrogen-bond donors (Lipinski definition) is 2. The largest absolute Gasteiger partial charge is 0.345 e. The van der Waals surface area contributed by atoms with Crippen LogP contribution in [0.1, 0.15) is 18.5 Å². The Morgan fingerprint density at radius 3 is 2.55 bits per heavy atom. The number of fused-ring (bicyclic) bond motifs is 1. The van der Waals surface area contributed by atoms with E-state index in [0.29, 0.717) is 10.9 Å². The monoisotopic (exact) mass is 318 g/mol. The highest BCUT2D eigenvalue weighted by molar-refractivity contribution is 7.89. The second-order valence-electron chi connectivity index (χ2n) is 5.12. The summed E-state index contributed by atoms with van der Waals surface area (Å²) < 4.78 is 40.7.